The van der Waals surface area contributed by atoms with Gasteiger partial charge in [0.05, 0.1) is 6.04 Å². The zero-order chi connectivity index (χ0) is 12.3. The molecule has 0 aromatic heterocycles. The number of nitrogens with zero attached hydrogens (tertiary/aromatic N) is 1. The highest BCUT2D eigenvalue weighted by atomic mass is 16.2. The monoisotopic (exact) mass is 227 g/mol. The van der Waals surface area contributed by atoms with Gasteiger partial charge in [-0.05, 0) is 38.8 Å². The normalized spacial score (nSPS) is 19.9. The highest BCUT2D eigenvalue weighted by Gasteiger charge is 2.30. The van der Waals surface area contributed by atoms with E-state index in [-0.39, 0.29) is 18.0 Å². The van der Waals surface area contributed by atoms with Crippen LogP contribution in [0.1, 0.15) is 26.7 Å². The van der Waals surface area contributed by atoms with Crippen molar-refractivity contribution in [1.82, 2.24) is 10.2 Å². The standard InChI is InChI=1S/C12H25N3O/c1-8(2)11(15(3)4)12(16)14-7-10(13)9-5-6-9/h8-11H,5-7,13H2,1-4H3,(H,14,16)/t10?,11-/m0/s1. The van der Waals surface area contributed by atoms with Gasteiger partial charge in [0.2, 0.25) is 5.91 Å². The van der Waals surface area contributed by atoms with Gasteiger partial charge in [0.15, 0.2) is 0 Å². The molecule has 2 atom stereocenters. The Morgan fingerprint density at radius 2 is 2.00 bits per heavy atom. The van der Waals surface area contributed by atoms with Gasteiger partial charge in [-0.3, -0.25) is 9.69 Å². The van der Waals surface area contributed by atoms with Crippen molar-refractivity contribution in [1.29, 1.82) is 0 Å². The maximum atomic E-state index is 12.0. The van der Waals surface area contributed by atoms with Crippen LogP contribution in [0.3, 0.4) is 0 Å². The number of nitrogens with one attached hydrogen (secondary N) is 1. The summed E-state index contributed by atoms with van der Waals surface area (Å²) in [5.74, 6) is 1.04. The molecule has 1 saturated carbocycles. The predicted molar refractivity (Wildman–Crippen MR) is 66.0 cm³/mol. The Morgan fingerprint density at radius 1 is 1.44 bits per heavy atom. The largest absolute Gasteiger partial charge is 0.353 e. The Morgan fingerprint density at radius 3 is 2.38 bits per heavy atom. The van der Waals surface area contributed by atoms with Gasteiger partial charge in [-0.2, -0.15) is 0 Å². The number of likely N-dealkylation sites (N-methyl/N-ethyl adjacent to an activating group) is 1. The van der Waals surface area contributed by atoms with Crippen molar-refractivity contribution in [2.24, 2.45) is 17.6 Å². The molecule has 1 fully saturated rings. The second-order valence-electron chi connectivity index (χ2n) is 5.40. The number of rotatable bonds is 6. The summed E-state index contributed by atoms with van der Waals surface area (Å²) in [4.78, 5) is 13.9. The quantitative estimate of drug-likeness (QED) is 0.691. The Balaban J connectivity index is 2.36. The Bertz CT molecular complexity index is 228. The first-order valence-corrected chi connectivity index (χ1v) is 6.13. The summed E-state index contributed by atoms with van der Waals surface area (Å²) in [6.07, 6.45) is 2.44. The van der Waals surface area contributed by atoms with Gasteiger partial charge < -0.3 is 11.1 Å². The number of hydrogen-bond donors (Lipinski definition) is 2. The van der Waals surface area contributed by atoms with E-state index in [1.54, 1.807) is 0 Å². The topological polar surface area (TPSA) is 58.4 Å². The van der Waals surface area contributed by atoms with Crippen LogP contribution in [-0.2, 0) is 4.79 Å². The van der Waals surface area contributed by atoms with Crippen molar-refractivity contribution in [3.63, 3.8) is 0 Å². The Hall–Kier alpha value is -0.610. The van der Waals surface area contributed by atoms with Gasteiger partial charge in [-0.15, -0.1) is 0 Å². The van der Waals surface area contributed by atoms with E-state index in [1.807, 2.05) is 19.0 Å². The van der Waals surface area contributed by atoms with Crippen molar-refractivity contribution in [3.05, 3.63) is 0 Å². The van der Waals surface area contributed by atoms with E-state index in [0.717, 1.165) is 0 Å². The van der Waals surface area contributed by atoms with Crippen LogP contribution in [0.2, 0.25) is 0 Å². The van der Waals surface area contributed by atoms with E-state index >= 15 is 0 Å². The first kappa shape index (κ1) is 13.5. The van der Waals surface area contributed by atoms with E-state index in [9.17, 15) is 4.79 Å². The summed E-state index contributed by atoms with van der Waals surface area (Å²) in [6.45, 7) is 4.73. The third kappa shape index (κ3) is 3.76. The first-order valence-electron chi connectivity index (χ1n) is 6.13. The number of carbonyl (C=O) groups is 1. The number of nitrogens with two attached hydrogens (primary N) is 1. The van der Waals surface area contributed by atoms with Crippen molar-refractivity contribution >= 4 is 5.91 Å². The third-order valence-electron chi connectivity index (χ3n) is 3.20. The van der Waals surface area contributed by atoms with Gasteiger partial charge in [0.1, 0.15) is 0 Å². The number of hydrogen-bond acceptors (Lipinski definition) is 3. The molecule has 0 aliphatic heterocycles. The fraction of sp³-hybridized carbons (Fsp3) is 0.917. The highest BCUT2D eigenvalue weighted by molar-refractivity contribution is 5.81. The SMILES string of the molecule is CC(C)[C@@H](C(=O)NCC(N)C1CC1)N(C)C. The summed E-state index contributed by atoms with van der Waals surface area (Å²) in [5, 5.41) is 2.96. The van der Waals surface area contributed by atoms with Crippen LogP contribution in [-0.4, -0.2) is 43.5 Å². The number of carbonyl (C=O) groups excluding carboxylic acids is 1. The lowest BCUT2D eigenvalue weighted by Crippen LogP contribution is -2.49. The molecule has 0 spiro atoms. The van der Waals surface area contributed by atoms with Gasteiger partial charge in [-0.1, -0.05) is 13.8 Å². The van der Waals surface area contributed by atoms with Gasteiger partial charge in [0.25, 0.3) is 0 Å². The minimum atomic E-state index is -0.0635. The molecule has 1 amide bonds. The van der Waals surface area contributed by atoms with Crippen LogP contribution >= 0.6 is 0 Å². The van der Waals surface area contributed by atoms with E-state index in [0.29, 0.717) is 18.4 Å². The molecule has 3 N–H and O–H groups in total. The van der Waals surface area contributed by atoms with Crippen molar-refractivity contribution < 1.29 is 4.79 Å². The molecule has 0 aromatic rings. The van der Waals surface area contributed by atoms with Crippen LogP contribution < -0.4 is 11.1 Å². The average Bonchev–Trinajstić information content (AvgIpc) is 2.95. The lowest BCUT2D eigenvalue weighted by atomic mass is 10.0. The smallest absolute Gasteiger partial charge is 0.237 e. The van der Waals surface area contributed by atoms with Crippen LogP contribution in [0.5, 0.6) is 0 Å². The molecular weight excluding hydrogens is 202 g/mol. The zero-order valence-electron chi connectivity index (χ0n) is 10.9. The highest BCUT2D eigenvalue weighted by Crippen LogP contribution is 2.31. The van der Waals surface area contributed by atoms with E-state index in [2.05, 4.69) is 19.2 Å². The van der Waals surface area contributed by atoms with Gasteiger partial charge in [-0.25, -0.2) is 0 Å². The molecule has 4 heteroatoms. The second-order valence-corrected chi connectivity index (χ2v) is 5.40. The molecular formula is C12H25N3O. The molecule has 16 heavy (non-hydrogen) atoms. The fourth-order valence-electron chi connectivity index (χ4n) is 2.15. The molecule has 4 nitrogen and oxygen atoms in total. The maximum Gasteiger partial charge on any atom is 0.237 e. The summed E-state index contributed by atoms with van der Waals surface area (Å²) in [6, 6.07) is 0.0744. The van der Waals surface area contributed by atoms with Crippen molar-refractivity contribution in [2.45, 2.75) is 38.8 Å². The average molecular weight is 227 g/mol. The lowest BCUT2D eigenvalue weighted by Gasteiger charge is -2.27. The van der Waals surface area contributed by atoms with Gasteiger partial charge in [0, 0.05) is 12.6 Å². The molecule has 1 aliphatic carbocycles. The minimum Gasteiger partial charge on any atom is -0.353 e. The maximum absolute atomic E-state index is 12.0. The molecule has 0 radical (unpaired) electrons. The molecule has 94 valence electrons. The second kappa shape index (κ2) is 5.64. The Kier molecular flexibility index (Phi) is 4.74. The molecule has 1 unspecified atom stereocenters. The predicted octanol–water partition coefficient (Wildman–Crippen LogP) is 0.426. The molecule has 0 bridgehead atoms. The van der Waals surface area contributed by atoms with E-state index in [1.165, 1.54) is 12.8 Å². The third-order valence-corrected chi connectivity index (χ3v) is 3.20. The zero-order valence-corrected chi connectivity index (χ0v) is 10.9. The van der Waals surface area contributed by atoms with E-state index < -0.39 is 0 Å². The van der Waals surface area contributed by atoms with Crippen molar-refractivity contribution in [3.8, 4) is 0 Å². The summed E-state index contributed by atoms with van der Waals surface area (Å²) in [5.41, 5.74) is 5.95. The van der Waals surface area contributed by atoms with Gasteiger partial charge >= 0.3 is 0 Å². The molecule has 0 heterocycles. The van der Waals surface area contributed by atoms with Crippen molar-refractivity contribution in [2.75, 3.05) is 20.6 Å². The minimum absolute atomic E-state index is 0.0635. The van der Waals surface area contributed by atoms with E-state index in [4.69, 9.17) is 5.73 Å². The first-order chi connectivity index (χ1) is 7.43. The molecule has 1 rings (SSSR count). The molecule has 1 aliphatic rings. The molecule has 0 aromatic carbocycles. The molecule has 0 saturated heterocycles. The lowest BCUT2D eigenvalue weighted by molar-refractivity contribution is -0.127. The van der Waals surface area contributed by atoms with Crippen LogP contribution in [0.4, 0.5) is 0 Å². The Labute approximate surface area is 98.6 Å². The van der Waals surface area contributed by atoms with Crippen LogP contribution in [0.25, 0.3) is 0 Å². The van der Waals surface area contributed by atoms with Crippen LogP contribution in [0.15, 0.2) is 0 Å². The number of amides is 1. The summed E-state index contributed by atoms with van der Waals surface area (Å²) in [7, 11) is 3.87. The fourth-order valence-corrected chi connectivity index (χ4v) is 2.15. The summed E-state index contributed by atoms with van der Waals surface area (Å²) >= 11 is 0. The van der Waals surface area contributed by atoms with Crippen LogP contribution in [0, 0.1) is 11.8 Å². The summed E-state index contributed by atoms with van der Waals surface area (Å²) < 4.78 is 0.